The lowest BCUT2D eigenvalue weighted by atomic mass is 10.1. The fourth-order valence-electron chi connectivity index (χ4n) is 2.30. The largest absolute Gasteiger partial charge is 0.392 e. The minimum atomic E-state index is 0.0286. The van der Waals surface area contributed by atoms with E-state index in [1.165, 1.54) is 5.69 Å². The summed E-state index contributed by atoms with van der Waals surface area (Å²) in [6.07, 6.45) is 1.72. The zero-order valence-corrected chi connectivity index (χ0v) is 11.9. The molecule has 1 fully saturated rings. The van der Waals surface area contributed by atoms with Crippen molar-refractivity contribution in [3.8, 4) is 11.8 Å². The van der Waals surface area contributed by atoms with E-state index in [1.807, 2.05) is 6.07 Å². The number of unbranched alkanes of at least 4 members (excludes halogenated alkanes) is 1. The van der Waals surface area contributed by atoms with Gasteiger partial charge >= 0.3 is 0 Å². The van der Waals surface area contributed by atoms with Gasteiger partial charge in [-0.2, -0.15) is 0 Å². The number of rotatable bonds is 4. The van der Waals surface area contributed by atoms with Crippen LogP contribution in [-0.4, -0.2) is 37.8 Å². The van der Waals surface area contributed by atoms with E-state index in [1.54, 1.807) is 0 Å². The van der Waals surface area contributed by atoms with Crippen molar-refractivity contribution in [2.24, 2.45) is 5.73 Å². The maximum Gasteiger partial charge on any atom is 0.0694 e. The molecule has 0 bridgehead atoms. The van der Waals surface area contributed by atoms with Gasteiger partial charge in [0.2, 0.25) is 0 Å². The van der Waals surface area contributed by atoms with E-state index < -0.39 is 0 Å². The fraction of sp³-hybridized carbons (Fsp3) is 0.500. The summed E-state index contributed by atoms with van der Waals surface area (Å²) >= 11 is 0. The number of nitrogens with zero attached hydrogens (tertiary/aromatic N) is 1. The van der Waals surface area contributed by atoms with Crippen molar-refractivity contribution in [3.63, 3.8) is 0 Å². The maximum absolute atomic E-state index is 9.53. The summed E-state index contributed by atoms with van der Waals surface area (Å²) in [5, 5.41) is 12.9. The zero-order valence-electron chi connectivity index (χ0n) is 11.9. The van der Waals surface area contributed by atoms with Crippen LogP contribution in [0.3, 0.4) is 0 Å². The van der Waals surface area contributed by atoms with Crippen molar-refractivity contribution in [1.82, 2.24) is 5.32 Å². The van der Waals surface area contributed by atoms with Gasteiger partial charge in [-0.1, -0.05) is 11.8 Å². The summed E-state index contributed by atoms with van der Waals surface area (Å²) in [5.41, 5.74) is 8.44. The van der Waals surface area contributed by atoms with Crippen LogP contribution < -0.4 is 16.0 Å². The molecule has 1 saturated heterocycles. The highest BCUT2D eigenvalue weighted by Gasteiger charge is 2.11. The van der Waals surface area contributed by atoms with Gasteiger partial charge in [0, 0.05) is 43.9 Å². The van der Waals surface area contributed by atoms with Gasteiger partial charge in [0.05, 0.1) is 6.61 Å². The maximum atomic E-state index is 9.53. The highest BCUT2D eigenvalue weighted by atomic mass is 16.3. The van der Waals surface area contributed by atoms with Gasteiger partial charge in [-0.3, -0.25) is 0 Å². The van der Waals surface area contributed by atoms with Crippen LogP contribution >= 0.6 is 0 Å². The molecule has 0 amide bonds. The van der Waals surface area contributed by atoms with E-state index in [0.29, 0.717) is 6.54 Å². The molecule has 0 radical (unpaired) electrons. The lowest BCUT2D eigenvalue weighted by Gasteiger charge is -2.29. The molecule has 4 N–H and O–H groups in total. The molecule has 0 aromatic heterocycles. The van der Waals surface area contributed by atoms with Gasteiger partial charge in [0.1, 0.15) is 0 Å². The second kappa shape index (κ2) is 7.91. The summed E-state index contributed by atoms with van der Waals surface area (Å²) < 4.78 is 0. The third-order valence-electron chi connectivity index (χ3n) is 3.47. The predicted molar refractivity (Wildman–Crippen MR) is 82.6 cm³/mol. The van der Waals surface area contributed by atoms with Crippen LogP contribution in [0.2, 0.25) is 0 Å². The summed E-state index contributed by atoms with van der Waals surface area (Å²) in [5.74, 6) is 6.24. The predicted octanol–water partition coefficient (Wildman–Crippen LogP) is 0.679. The first-order chi connectivity index (χ1) is 9.85. The SMILES string of the molecule is NCCCC#Cc1ccc(N2CCNCC2)cc1CO. The number of benzene rings is 1. The molecule has 1 heterocycles. The summed E-state index contributed by atoms with van der Waals surface area (Å²) in [4.78, 5) is 2.33. The standard InChI is InChI=1S/C16H23N3O/c17-7-3-1-2-4-14-5-6-16(12-15(14)13-20)19-10-8-18-9-11-19/h5-6,12,18,20H,1,3,7-11,13,17H2. The number of aliphatic hydroxyl groups excluding tert-OH is 1. The Kier molecular flexibility index (Phi) is 5.87. The van der Waals surface area contributed by atoms with Crippen molar-refractivity contribution in [1.29, 1.82) is 0 Å². The Labute approximate surface area is 121 Å². The molecule has 0 saturated carbocycles. The first-order valence-electron chi connectivity index (χ1n) is 7.23. The number of piperazine rings is 1. The number of hydrogen-bond donors (Lipinski definition) is 3. The number of hydrogen-bond acceptors (Lipinski definition) is 4. The highest BCUT2D eigenvalue weighted by Crippen LogP contribution is 2.20. The van der Waals surface area contributed by atoms with Gasteiger partial charge < -0.3 is 21.1 Å². The first-order valence-corrected chi connectivity index (χ1v) is 7.23. The van der Waals surface area contributed by atoms with E-state index >= 15 is 0 Å². The average molecular weight is 273 g/mol. The van der Waals surface area contributed by atoms with Crippen LogP contribution in [-0.2, 0) is 6.61 Å². The fourth-order valence-corrected chi connectivity index (χ4v) is 2.30. The van der Waals surface area contributed by atoms with Gasteiger partial charge in [0.15, 0.2) is 0 Å². The van der Waals surface area contributed by atoms with E-state index in [-0.39, 0.29) is 6.61 Å². The molecule has 20 heavy (non-hydrogen) atoms. The Morgan fingerprint density at radius 2 is 2.10 bits per heavy atom. The van der Waals surface area contributed by atoms with E-state index in [9.17, 15) is 5.11 Å². The number of nitrogens with two attached hydrogens (primary N) is 1. The molecular weight excluding hydrogens is 250 g/mol. The van der Waals surface area contributed by atoms with Crippen LogP contribution in [0.25, 0.3) is 0 Å². The van der Waals surface area contributed by atoms with E-state index in [0.717, 1.165) is 50.1 Å². The molecule has 0 spiro atoms. The average Bonchev–Trinajstić information content (AvgIpc) is 2.52. The molecule has 4 heteroatoms. The lowest BCUT2D eigenvalue weighted by Crippen LogP contribution is -2.43. The molecule has 108 valence electrons. The second-order valence-corrected chi connectivity index (χ2v) is 4.93. The van der Waals surface area contributed by atoms with Gasteiger partial charge in [-0.25, -0.2) is 0 Å². The monoisotopic (exact) mass is 273 g/mol. The Bertz CT molecular complexity index is 484. The minimum absolute atomic E-state index is 0.0286. The third-order valence-corrected chi connectivity index (χ3v) is 3.47. The molecule has 1 aromatic carbocycles. The molecule has 2 rings (SSSR count). The molecule has 1 aromatic rings. The van der Waals surface area contributed by atoms with Crippen LogP contribution in [0.1, 0.15) is 24.0 Å². The highest BCUT2D eigenvalue weighted by molar-refractivity contribution is 5.55. The quantitative estimate of drug-likeness (QED) is 0.558. The number of nitrogens with one attached hydrogen (secondary N) is 1. The van der Waals surface area contributed by atoms with Crippen LogP contribution in [0.4, 0.5) is 5.69 Å². The Morgan fingerprint density at radius 1 is 1.30 bits per heavy atom. The third kappa shape index (κ3) is 3.97. The Hall–Kier alpha value is -1.54. The minimum Gasteiger partial charge on any atom is -0.392 e. The number of aliphatic hydroxyl groups is 1. The normalized spacial score (nSPS) is 14.8. The zero-order chi connectivity index (χ0) is 14.2. The first kappa shape index (κ1) is 14.9. The Balaban J connectivity index is 2.11. The molecule has 0 aliphatic carbocycles. The van der Waals surface area contributed by atoms with Crippen molar-refractivity contribution >= 4 is 5.69 Å². The molecule has 4 nitrogen and oxygen atoms in total. The summed E-state index contributed by atoms with van der Waals surface area (Å²) in [7, 11) is 0. The second-order valence-electron chi connectivity index (χ2n) is 4.93. The van der Waals surface area contributed by atoms with Crippen molar-refractivity contribution in [2.45, 2.75) is 19.4 Å². The molecule has 1 aliphatic rings. The van der Waals surface area contributed by atoms with Crippen LogP contribution in [0, 0.1) is 11.8 Å². The van der Waals surface area contributed by atoms with Gasteiger partial charge in [0.25, 0.3) is 0 Å². The molecule has 1 aliphatic heterocycles. The van der Waals surface area contributed by atoms with Gasteiger partial charge in [-0.15, -0.1) is 0 Å². The van der Waals surface area contributed by atoms with E-state index in [2.05, 4.69) is 34.2 Å². The van der Waals surface area contributed by atoms with Gasteiger partial charge in [-0.05, 0) is 36.7 Å². The van der Waals surface area contributed by atoms with Crippen molar-refractivity contribution in [2.75, 3.05) is 37.6 Å². The van der Waals surface area contributed by atoms with Crippen molar-refractivity contribution in [3.05, 3.63) is 29.3 Å². The lowest BCUT2D eigenvalue weighted by molar-refractivity contribution is 0.281. The van der Waals surface area contributed by atoms with Crippen LogP contribution in [0.15, 0.2) is 18.2 Å². The summed E-state index contributed by atoms with van der Waals surface area (Å²) in [6.45, 7) is 4.73. The Morgan fingerprint density at radius 3 is 2.80 bits per heavy atom. The van der Waals surface area contributed by atoms with E-state index in [4.69, 9.17) is 5.73 Å². The summed E-state index contributed by atoms with van der Waals surface area (Å²) in [6, 6.07) is 6.16. The number of anilines is 1. The topological polar surface area (TPSA) is 61.5 Å². The molecular formula is C16H23N3O. The molecule has 0 unspecified atom stereocenters. The smallest absolute Gasteiger partial charge is 0.0694 e. The molecule has 0 atom stereocenters. The van der Waals surface area contributed by atoms with Crippen molar-refractivity contribution < 1.29 is 5.11 Å². The van der Waals surface area contributed by atoms with Crippen LogP contribution in [0.5, 0.6) is 0 Å².